The van der Waals surface area contributed by atoms with Crippen molar-refractivity contribution < 1.29 is 4.74 Å². The molecule has 0 atom stereocenters. The molecule has 0 aliphatic carbocycles. The summed E-state index contributed by atoms with van der Waals surface area (Å²) in [6, 6.07) is 7.51. The molecule has 0 aliphatic rings. The molecule has 0 bridgehead atoms. The lowest BCUT2D eigenvalue weighted by Crippen LogP contribution is -2.19. The van der Waals surface area contributed by atoms with E-state index >= 15 is 0 Å². The summed E-state index contributed by atoms with van der Waals surface area (Å²) < 4.78 is 6.34. The number of nitrogens with zero attached hydrogens (tertiary/aromatic N) is 3. The van der Waals surface area contributed by atoms with Gasteiger partial charge >= 0.3 is 0 Å². The first kappa shape index (κ1) is 14.9. The molecule has 2 rings (SSSR count). The highest BCUT2D eigenvalue weighted by Gasteiger charge is 2.10. The van der Waals surface area contributed by atoms with Crippen LogP contribution in [-0.4, -0.2) is 24.1 Å². The van der Waals surface area contributed by atoms with E-state index in [-0.39, 0.29) is 5.95 Å². The van der Waals surface area contributed by atoms with Crippen molar-refractivity contribution in [2.45, 2.75) is 6.54 Å². The van der Waals surface area contributed by atoms with Gasteiger partial charge in [-0.15, -0.1) is 0 Å². The van der Waals surface area contributed by atoms with E-state index in [9.17, 15) is 0 Å². The summed E-state index contributed by atoms with van der Waals surface area (Å²) in [4.78, 5) is 9.93. The first-order valence-electron chi connectivity index (χ1n) is 5.83. The van der Waals surface area contributed by atoms with Crippen LogP contribution in [0, 0.1) is 0 Å². The Hall–Kier alpha value is -1.53. The van der Waals surface area contributed by atoms with E-state index in [1.165, 1.54) is 0 Å². The third kappa shape index (κ3) is 3.52. The zero-order chi connectivity index (χ0) is 14.7. The molecule has 2 aromatic rings. The molecule has 0 aliphatic heterocycles. The van der Waals surface area contributed by atoms with Gasteiger partial charge in [-0.05, 0) is 18.2 Å². The van der Waals surface area contributed by atoms with Crippen molar-refractivity contribution in [3.8, 4) is 5.75 Å². The number of aromatic nitrogens is 2. The lowest BCUT2D eigenvalue weighted by atomic mass is 10.2. The second-order valence-electron chi connectivity index (χ2n) is 4.22. The number of ether oxygens (including phenoxy) is 1. The van der Waals surface area contributed by atoms with Gasteiger partial charge in [0.1, 0.15) is 16.7 Å². The summed E-state index contributed by atoms with van der Waals surface area (Å²) >= 11 is 9.35. The number of nitrogens with two attached hydrogens (primary N) is 1. The zero-order valence-electron chi connectivity index (χ0n) is 11.1. The second kappa shape index (κ2) is 6.28. The van der Waals surface area contributed by atoms with Gasteiger partial charge in [0.05, 0.1) is 7.11 Å². The molecule has 1 aromatic carbocycles. The van der Waals surface area contributed by atoms with Crippen molar-refractivity contribution in [3.05, 3.63) is 39.5 Å². The number of anilines is 2. The Morgan fingerprint density at radius 1 is 1.35 bits per heavy atom. The van der Waals surface area contributed by atoms with Crippen LogP contribution < -0.4 is 15.4 Å². The Labute approximate surface area is 130 Å². The summed E-state index contributed by atoms with van der Waals surface area (Å²) in [6.07, 6.45) is 0. The normalized spacial score (nSPS) is 10.4. The Balaban J connectivity index is 2.27. The highest BCUT2D eigenvalue weighted by Crippen LogP contribution is 2.26. The number of nitrogen functional groups attached to an aromatic ring is 1. The number of hydrogen-bond donors (Lipinski definition) is 1. The summed E-state index contributed by atoms with van der Waals surface area (Å²) in [5, 5.41) is 0.320. The third-order valence-electron chi connectivity index (χ3n) is 2.74. The van der Waals surface area contributed by atoms with Gasteiger partial charge in [0, 0.05) is 29.7 Å². The van der Waals surface area contributed by atoms with E-state index in [0.29, 0.717) is 17.5 Å². The minimum Gasteiger partial charge on any atom is -0.496 e. The van der Waals surface area contributed by atoms with E-state index in [4.69, 9.17) is 22.1 Å². The summed E-state index contributed by atoms with van der Waals surface area (Å²) in [7, 11) is 3.55. The van der Waals surface area contributed by atoms with Crippen molar-refractivity contribution in [2.75, 3.05) is 24.8 Å². The van der Waals surface area contributed by atoms with Gasteiger partial charge in [-0.1, -0.05) is 27.5 Å². The number of halogens is 2. The summed E-state index contributed by atoms with van der Waals surface area (Å²) in [5.41, 5.74) is 6.63. The summed E-state index contributed by atoms with van der Waals surface area (Å²) in [5.74, 6) is 1.62. The minimum absolute atomic E-state index is 0.153. The van der Waals surface area contributed by atoms with Crippen LogP contribution in [0.1, 0.15) is 5.56 Å². The molecule has 0 fully saturated rings. The number of methoxy groups -OCH3 is 1. The molecule has 0 radical (unpaired) electrons. The largest absolute Gasteiger partial charge is 0.496 e. The molecule has 0 unspecified atom stereocenters. The van der Waals surface area contributed by atoms with Gasteiger partial charge < -0.3 is 15.4 Å². The maximum atomic E-state index is 5.89. The average Bonchev–Trinajstić information content (AvgIpc) is 2.37. The number of hydrogen-bond acceptors (Lipinski definition) is 5. The maximum absolute atomic E-state index is 5.89. The van der Waals surface area contributed by atoms with E-state index in [1.807, 2.05) is 30.1 Å². The highest BCUT2D eigenvalue weighted by molar-refractivity contribution is 9.10. The van der Waals surface area contributed by atoms with Crippen molar-refractivity contribution in [3.63, 3.8) is 0 Å². The van der Waals surface area contributed by atoms with Crippen LogP contribution in [-0.2, 0) is 6.54 Å². The zero-order valence-corrected chi connectivity index (χ0v) is 13.4. The molecule has 2 N–H and O–H groups in total. The second-order valence-corrected chi connectivity index (χ2v) is 5.52. The van der Waals surface area contributed by atoms with Gasteiger partial charge in [-0.25, -0.2) is 4.98 Å². The van der Waals surface area contributed by atoms with Crippen LogP contribution >= 0.6 is 27.5 Å². The Morgan fingerprint density at radius 2 is 2.10 bits per heavy atom. The first-order chi connectivity index (χ1) is 9.49. The first-order valence-corrected chi connectivity index (χ1v) is 7.00. The molecule has 7 heteroatoms. The van der Waals surface area contributed by atoms with Crippen molar-refractivity contribution in [2.24, 2.45) is 0 Å². The Kier molecular flexibility index (Phi) is 4.67. The third-order valence-corrected chi connectivity index (χ3v) is 3.43. The lowest BCUT2D eigenvalue weighted by molar-refractivity contribution is 0.409. The molecular formula is C13H14BrClN4O. The van der Waals surface area contributed by atoms with Crippen LogP contribution in [0.3, 0.4) is 0 Å². The molecule has 1 heterocycles. The van der Waals surface area contributed by atoms with Gasteiger partial charge in [0.15, 0.2) is 0 Å². The van der Waals surface area contributed by atoms with Crippen LogP contribution in [0.5, 0.6) is 5.75 Å². The quantitative estimate of drug-likeness (QED) is 0.852. The molecule has 5 nitrogen and oxygen atoms in total. The molecule has 0 saturated heterocycles. The highest BCUT2D eigenvalue weighted by atomic mass is 79.9. The Morgan fingerprint density at radius 3 is 2.75 bits per heavy atom. The Bertz CT molecular complexity index is 603. The monoisotopic (exact) mass is 356 g/mol. The van der Waals surface area contributed by atoms with Gasteiger partial charge in [0.2, 0.25) is 5.95 Å². The fourth-order valence-electron chi connectivity index (χ4n) is 1.83. The van der Waals surface area contributed by atoms with Crippen molar-refractivity contribution in [1.29, 1.82) is 0 Å². The molecule has 106 valence electrons. The standard InChI is InChI=1S/C13H14BrClN4O/c1-19(12-6-11(15)17-13(16)18-12)7-8-5-9(14)3-4-10(8)20-2/h3-6H,7H2,1-2H3,(H2,16,17,18). The molecule has 0 saturated carbocycles. The number of rotatable bonds is 4. The van der Waals surface area contributed by atoms with Gasteiger partial charge in [-0.3, -0.25) is 0 Å². The maximum Gasteiger partial charge on any atom is 0.223 e. The van der Waals surface area contributed by atoms with Crippen LogP contribution in [0.15, 0.2) is 28.7 Å². The average molecular weight is 358 g/mol. The molecule has 1 aromatic heterocycles. The number of benzene rings is 1. The molecule has 0 spiro atoms. The van der Waals surface area contributed by atoms with Crippen molar-refractivity contribution in [1.82, 2.24) is 9.97 Å². The SMILES string of the molecule is COc1ccc(Br)cc1CN(C)c1cc(Cl)nc(N)n1. The van der Waals surface area contributed by atoms with Gasteiger partial charge in [-0.2, -0.15) is 4.98 Å². The van der Waals surface area contributed by atoms with Crippen molar-refractivity contribution >= 4 is 39.3 Å². The van der Waals surface area contributed by atoms with Gasteiger partial charge in [0.25, 0.3) is 0 Å². The van der Waals surface area contributed by atoms with Crippen LogP contribution in [0.25, 0.3) is 0 Å². The van der Waals surface area contributed by atoms with E-state index in [2.05, 4.69) is 25.9 Å². The topological polar surface area (TPSA) is 64.3 Å². The van der Waals surface area contributed by atoms with E-state index < -0.39 is 0 Å². The molecular weight excluding hydrogens is 344 g/mol. The van der Waals surface area contributed by atoms with E-state index in [1.54, 1.807) is 13.2 Å². The van der Waals surface area contributed by atoms with E-state index in [0.717, 1.165) is 15.8 Å². The lowest BCUT2D eigenvalue weighted by Gasteiger charge is -2.20. The molecule has 20 heavy (non-hydrogen) atoms. The fraction of sp³-hybridized carbons (Fsp3) is 0.231. The smallest absolute Gasteiger partial charge is 0.223 e. The predicted molar refractivity (Wildman–Crippen MR) is 84.3 cm³/mol. The summed E-state index contributed by atoms with van der Waals surface area (Å²) in [6.45, 7) is 0.607. The fourth-order valence-corrected chi connectivity index (χ4v) is 2.42. The van der Waals surface area contributed by atoms with Crippen LogP contribution in [0.2, 0.25) is 5.15 Å². The molecule has 0 amide bonds. The predicted octanol–water partition coefficient (Wildman–Crippen LogP) is 3.12. The minimum atomic E-state index is 0.153. The van der Waals surface area contributed by atoms with Crippen LogP contribution in [0.4, 0.5) is 11.8 Å².